The van der Waals surface area contributed by atoms with Gasteiger partial charge in [-0.1, -0.05) is 25.5 Å². The number of Topliss-reactive ketones (excluding diaryl/α,β-unsaturated/α-hetero) is 1. The zero-order valence-electron chi connectivity index (χ0n) is 13.3. The van der Waals surface area contributed by atoms with Crippen molar-refractivity contribution in [3.63, 3.8) is 0 Å². The van der Waals surface area contributed by atoms with E-state index < -0.39 is 6.10 Å². The van der Waals surface area contributed by atoms with Crippen molar-refractivity contribution in [2.75, 3.05) is 0 Å². The number of ketones is 1. The lowest BCUT2D eigenvalue weighted by atomic mass is 9.98. The Morgan fingerprint density at radius 2 is 1.86 bits per heavy atom. The molecule has 1 saturated carbocycles. The van der Waals surface area contributed by atoms with Gasteiger partial charge in [-0.15, -0.1) is 0 Å². The Labute approximate surface area is 131 Å². The molecule has 4 heteroatoms. The summed E-state index contributed by atoms with van der Waals surface area (Å²) in [4.78, 5) is 23.9. The summed E-state index contributed by atoms with van der Waals surface area (Å²) in [5, 5.41) is 0. The molecule has 0 N–H and O–H groups in total. The van der Waals surface area contributed by atoms with E-state index in [1.807, 2.05) is 6.92 Å². The van der Waals surface area contributed by atoms with Gasteiger partial charge in [-0.05, 0) is 51.2 Å². The molecule has 0 heterocycles. The third-order valence-corrected chi connectivity index (χ3v) is 4.00. The van der Waals surface area contributed by atoms with Gasteiger partial charge >= 0.3 is 5.97 Å². The van der Waals surface area contributed by atoms with Gasteiger partial charge in [0.1, 0.15) is 11.9 Å². The highest BCUT2D eigenvalue weighted by atomic mass is 16.6. The minimum absolute atomic E-state index is 0.0157. The van der Waals surface area contributed by atoms with Crippen LogP contribution in [0, 0.1) is 0 Å². The zero-order chi connectivity index (χ0) is 15.9. The van der Waals surface area contributed by atoms with E-state index in [0.29, 0.717) is 17.7 Å². The van der Waals surface area contributed by atoms with E-state index in [1.165, 1.54) is 13.3 Å². The first kappa shape index (κ1) is 16.5. The molecule has 0 saturated heterocycles. The maximum absolute atomic E-state index is 12.3. The first-order valence-electron chi connectivity index (χ1n) is 8.09. The van der Waals surface area contributed by atoms with E-state index in [4.69, 9.17) is 9.47 Å². The number of carbonyl (C=O) groups excluding carboxylic acids is 2. The van der Waals surface area contributed by atoms with Gasteiger partial charge in [-0.2, -0.15) is 0 Å². The first-order chi connectivity index (χ1) is 10.6. The number of hydrogen-bond donors (Lipinski definition) is 0. The molecule has 22 heavy (non-hydrogen) atoms. The molecule has 2 rings (SSSR count). The van der Waals surface area contributed by atoms with E-state index >= 15 is 0 Å². The number of para-hydroxylation sites is 1. The molecule has 120 valence electrons. The quantitative estimate of drug-likeness (QED) is 0.590. The summed E-state index contributed by atoms with van der Waals surface area (Å²) in [5.74, 6) is 0.0429. The van der Waals surface area contributed by atoms with Crippen LogP contribution < -0.4 is 4.74 Å². The van der Waals surface area contributed by atoms with Crippen molar-refractivity contribution in [1.82, 2.24) is 0 Å². The summed E-state index contributed by atoms with van der Waals surface area (Å²) >= 11 is 0. The molecule has 1 aliphatic carbocycles. The first-order valence-corrected chi connectivity index (χ1v) is 8.09. The number of ether oxygens (including phenoxy) is 2. The van der Waals surface area contributed by atoms with Crippen LogP contribution in [-0.4, -0.2) is 24.0 Å². The van der Waals surface area contributed by atoms with E-state index in [9.17, 15) is 9.59 Å². The molecule has 1 unspecified atom stereocenters. The molecule has 4 nitrogen and oxygen atoms in total. The molecule has 0 aliphatic heterocycles. The second-order valence-electron chi connectivity index (χ2n) is 5.76. The van der Waals surface area contributed by atoms with Crippen LogP contribution >= 0.6 is 0 Å². The van der Waals surface area contributed by atoms with Crippen LogP contribution in [0.5, 0.6) is 5.75 Å². The fourth-order valence-corrected chi connectivity index (χ4v) is 2.73. The molecule has 0 amide bonds. The van der Waals surface area contributed by atoms with Crippen LogP contribution in [0.2, 0.25) is 0 Å². The molecule has 1 fully saturated rings. The lowest BCUT2D eigenvalue weighted by Gasteiger charge is -2.25. The minimum Gasteiger partial charge on any atom is -0.478 e. The van der Waals surface area contributed by atoms with Gasteiger partial charge in [-0.25, -0.2) is 4.79 Å². The van der Waals surface area contributed by atoms with Crippen molar-refractivity contribution >= 4 is 11.8 Å². The van der Waals surface area contributed by atoms with Crippen molar-refractivity contribution < 1.29 is 19.1 Å². The molecule has 1 aliphatic rings. The molecule has 1 aromatic carbocycles. The summed E-state index contributed by atoms with van der Waals surface area (Å²) in [5.41, 5.74) is 0.492. The lowest BCUT2D eigenvalue weighted by Crippen LogP contribution is -2.33. The second-order valence-corrected chi connectivity index (χ2v) is 5.76. The minimum atomic E-state index is -0.664. The van der Waals surface area contributed by atoms with Gasteiger partial charge in [0.05, 0.1) is 5.56 Å². The third-order valence-electron chi connectivity index (χ3n) is 4.00. The van der Waals surface area contributed by atoms with E-state index in [2.05, 4.69) is 0 Å². The summed E-state index contributed by atoms with van der Waals surface area (Å²) in [7, 11) is 0. The zero-order valence-corrected chi connectivity index (χ0v) is 13.3. The van der Waals surface area contributed by atoms with Crippen LogP contribution in [0.1, 0.15) is 62.7 Å². The summed E-state index contributed by atoms with van der Waals surface area (Å²) in [6, 6.07) is 7.00. The van der Waals surface area contributed by atoms with E-state index in [1.54, 1.807) is 24.3 Å². The number of hydrogen-bond acceptors (Lipinski definition) is 4. The number of esters is 1. The van der Waals surface area contributed by atoms with Crippen LogP contribution in [0.4, 0.5) is 0 Å². The number of rotatable bonds is 6. The SMILES string of the molecule is CCC(Oc1ccccc1C(C)=O)C(=O)OC1CCCCC1. The normalized spacial score (nSPS) is 16.8. The predicted octanol–water partition coefficient (Wildman–Crippen LogP) is 3.92. The second kappa shape index (κ2) is 7.97. The molecule has 0 radical (unpaired) electrons. The molecular formula is C18H24O4. The molecule has 0 spiro atoms. The highest BCUT2D eigenvalue weighted by molar-refractivity contribution is 5.96. The Hall–Kier alpha value is -1.84. The van der Waals surface area contributed by atoms with Gasteiger partial charge in [0.2, 0.25) is 0 Å². The van der Waals surface area contributed by atoms with E-state index in [-0.39, 0.29) is 17.9 Å². The number of benzene rings is 1. The highest BCUT2D eigenvalue weighted by Gasteiger charge is 2.26. The van der Waals surface area contributed by atoms with Crippen molar-refractivity contribution in [3.8, 4) is 5.75 Å². The maximum atomic E-state index is 12.3. The van der Waals surface area contributed by atoms with Gasteiger partial charge in [0, 0.05) is 0 Å². The maximum Gasteiger partial charge on any atom is 0.347 e. The van der Waals surface area contributed by atoms with Crippen LogP contribution in [0.15, 0.2) is 24.3 Å². The van der Waals surface area contributed by atoms with Gasteiger partial charge in [-0.3, -0.25) is 4.79 Å². The molecule has 0 bridgehead atoms. The third kappa shape index (κ3) is 4.33. The monoisotopic (exact) mass is 304 g/mol. The van der Waals surface area contributed by atoms with Crippen LogP contribution in [0.25, 0.3) is 0 Å². The Bertz CT molecular complexity index is 518. The average molecular weight is 304 g/mol. The molecular weight excluding hydrogens is 280 g/mol. The number of carbonyl (C=O) groups is 2. The summed E-state index contributed by atoms with van der Waals surface area (Å²) < 4.78 is 11.3. The lowest BCUT2D eigenvalue weighted by molar-refractivity contribution is -0.159. The largest absolute Gasteiger partial charge is 0.478 e. The Morgan fingerprint density at radius 3 is 2.50 bits per heavy atom. The predicted molar refractivity (Wildman–Crippen MR) is 84.1 cm³/mol. The Morgan fingerprint density at radius 1 is 1.18 bits per heavy atom. The smallest absolute Gasteiger partial charge is 0.347 e. The van der Waals surface area contributed by atoms with Crippen molar-refractivity contribution in [2.24, 2.45) is 0 Å². The fourth-order valence-electron chi connectivity index (χ4n) is 2.73. The van der Waals surface area contributed by atoms with Crippen molar-refractivity contribution in [2.45, 2.75) is 64.6 Å². The Kier molecular flexibility index (Phi) is 5.99. The summed E-state index contributed by atoms with van der Waals surface area (Å²) in [6.07, 6.45) is 5.18. The molecule has 1 aromatic rings. The fraction of sp³-hybridized carbons (Fsp3) is 0.556. The average Bonchev–Trinajstić information content (AvgIpc) is 2.53. The van der Waals surface area contributed by atoms with Crippen molar-refractivity contribution in [3.05, 3.63) is 29.8 Å². The summed E-state index contributed by atoms with van der Waals surface area (Å²) in [6.45, 7) is 3.37. The topological polar surface area (TPSA) is 52.6 Å². The standard InChI is InChI=1S/C18H24O4/c1-3-16(18(20)21-14-9-5-4-6-10-14)22-17-12-8-7-11-15(17)13(2)19/h7-8,11-12,14,16H,3-6,9-10H2,1-2H3. The van der Waals surface area contributed by atoms with Crippen LogP contribution in [0.3, 0.4) is 0 Å². The van der Waals surface area contributed by atoms with Gasteiger partial charge in [0.15, 0.2) is 11.9 Å². The Balaban J connectivity index is 2.02. The van der Waals surface area contributed by atoms with E-state index in [0.717, 1.165) is 25.7 Å². The van der Waals surface area contributed by atoms with Crippen molar-refractivity contribution in [1.29, 1.82) is 0 Å². The van der Waals surface area contributed by atoms with Gasteiger partial charge < -0.3 is 9.47 Å². The van der Waals surface area contributed by atoms with Crippen LogP contribution in [-0.2, 0) is 9.53 Å². The highest BCUT2D eigenvalue weighted by Crippen LogP contribution is 2.24. The molecule has 0 aromatic heterocycles. The molecule has 1 atom stereocenters. The van der Waals surface area contributed by atoms with Gasteiger partial charge in [0.25, 0.3) is 0 Å².